The van der Waals surface area contributed by atoms with E-state index in [1.807, 2.05) is 0 Å². The van der Waals surface area contributed by atoms with Crippen molar-refractivity contribution in [2.75, 3.05) is 6.61 Å². The third-order valence-corrected chi connectivity index (χ3v) is 12.1. The predicted molar refractivity (Wildman–Crippen MR) is 264 cm³/mol. The Morgan fingerprint density at radius 1 is 0.417 bits per heavy atom. The molecule has 0 radical (unpaired) electrons. The molecule has 0 aliphatic heterocycles. The fraction of sp³-hybridized carbons (Fsp3) is 0.836. The van der Waals surface area contributed by atoms with E-state index in [-0.39, 0.29) is 12.5 Å². The summed E-state index contributed by atoms with van der Waals surface area (Å²) in [5.41, 5.74) is 0. The van der Waals surface area contributed by atoms with E-state index in [1.165, 1.54) is 193 Å². The SMILES string of the molecule is CCCCCCCCCCC/C=C\C/C=C\CCCCCCCCCCCC(=O)NC(CO)C(O)C(O)CCC/C=C/CC/C=C/CCCCCCCCCCCCCC. The monoisotopic (exact) mass is 842 g/mol. The average molecular weight is 842 g/mol. The van der Waals surface area contributed by atoms with E-state index in [9.17, 15) is 20.1 Å². The molecule has 0 aromatic heterocycles. The number of amides is 1. The number of allylic oxidation sites excluding steroid dienone is 8. The van der Waals surface area contributed by atoms with Crippen molar-refractivity contribution in [2.24, 2.45) is 0 Å². The van der Waals surface area contributed by atoms with Crippen molar-refractivity contribution in [1.82, 2.24) is 5.32 Å². The molecule has 0 fully saturated rings. The summed E-state index contributed by atoms with van der Waals surface area (Å²) in [5.74, 6) is -0.162. The van der Waals surface area contributed by atoms with Gasteiger partial charge in [0.1, 0.15) is 6.10 Å². The molecule has 0 spiro atoms. The van der Waals surface area contributed by atoms with Crippen LogP contribution in [0.3, 0.4) is 0 Å². The molecule has 352 valence electrons. The van der Waals surface area contributed by atoms with Crippen molar-refractivity contribution < 1.29 is 20.1 Å². The largest absolute Gasteiger partial charge is 0.394 e. The Balaban J connectivity index is 3.65. The van der Waals surface area contributed by atoms with Gasteiger partial charge in [0.25, 0.3) is 0 Å². The number of nitrogens with one attached hydrogen (secondary N) is 1. The zero-order valence-corrected chi connectivity index (χ0v) is 40.1. The number of carbonyl (C=O) groups is 1. The summed E-state index contributed by atoms with van der Waals surface area (Å²) in [5, 5.41) is 33.7. The molecule has 60 heavy (non-hydrogen) atoms. The molecular formula is C55H103NO4. The van der Waals surface area contributed by atoms with Gasteiger partial charge in [0.15, 0.2) is 0 Å². The zero-order chi connectivity index (χ0) is 43.7. The molecule has 3 atom stereocenters. The molecule has 0 rings (SSSR count). The molecule has 0 aliphatic rings. The topological polar surface area (TPSA) is 89.8 Å². The highest BCUT2D eigenvalue weighted by Gasteiger charge is 2.26. The Kier molecular flexibility index (Phi) is 48.6. The summed E-state index contributed by atoms with van der Waals surface area (Å²) in [4.78, 5) is 12.5. The van der Waals surface area contributed by atoms with Crippen LogP contribution >= 0.6 is 0 Å². The van der Waals surface area contributed by atoms with Gasteiger partial charge in [0.05, 0.1) is 18.8 Å². The molecule has 4 N–H and O–H groups in total. The molecule has 0 aromatic carbocycles. The van der Waals surface area contributed by atoms with E-state index in [0.29, 0.717) is 12.8 Å². The van der Waals surface area contributed by atoms with Crippen LogP contribution in [0.5, 0.6) is 0 Å². The third-order valence-electron chi connectivity index (χ3n) is 12.1. The smallest absolute Gasteiger partial charge is 0.220 e. The first-order chi connectivity index (χ1) is 29.6. The molecule has 0 saturated heterocycles. The summed E-state index contributed by atoms with van der Waals surface area (Å²) in [7, 11) is 0. The first-order valence-electron chi connectivity index (χ1n) is 26.4. The first kappa shape index (κ1) is 58.3. The summed E-state index contributed by atoms with van der Waals surface area (Å²) in [6.45, 7) is 4.18. The van der Waals surface area contributed by atoms with Crippen LogP contribution in [0.2, 0.25) is 0 Å². The summed E-state index contributed by atoms with van der Waals surface area (Å²) >= 11 is 0. The fourth-order valence-corrected chi connectivity index (χ4v) is 8.03. The molecule has 0 saturated carbocycles. The summed E-state index contributed by atoms with van der Waals surface area (Å²) in [6.07, 6.45) is 65.3. The maximum absolute atomic E-state index is 12.5. The molecule has 5 heteroatoms. The van der Waals surface area contributed by atoms with Crippen molar-refractivity contribution in [3.63, 3.8) is 0 Å². The van der Waals surface area contributed by atoms with Crippen LogP contribution in [0.15, 0.2) is 48.6 Å². The summed E-state index contributed by atoms with van der Waals surface area (Å²) < 4.78 is 0. The van der Waals surface area contributed by atoms with E-state index in [0.717, 1.165) is 51.4 Å². The van der Waals surface area contributed by atoms with E-state index in [4.69, 9.17) is 0 Å². The predicted octanol–water partition coefficient (Wildman–Crippen LogP) is 16.1. The normalized spacial score (nSPS) is 13.8. The van der Waals surface area contributed by atoms with Crippen LogP contribution in [-0.4, -0.2) is 46.1 Å². The molecule has 0 heterocycles. The molecule has 1 amide bonds. The van der Waals surface area contributed by atoms with Crippen molar-refractivity contribution in [1.29, 1.82) is 0 Å². The van der Waals surface area contributed by atoms with Gasteiger partial charge < -0.3 is 20.6 Å². The second kappa shape index (κ2) is 50.0. The van der Waals surface area contributed by atoms with Crippen molar-refractivity contribution in [2.45, 2.75) is 289 Å². The lowest BCUT2D eigenvalue weighted by Crippen LogP contribution is -2.50. The van der Waals surface area contributed by atoms with E-state index in [2.05, 4.69) is 67.8 Å². The number of aliphatic hydroxyl groups excluding tert-OH is 3. The van der Waals surface area contributed by atoms with Crippen LogP contribution in [0.4, 0.5) is 0 Å². The number of carbonyl (C=O) groups excluding carboxylic acids is 1. The number of unbranched alkanes of at least 4 members (excludes halogenated alkanes) is 32. The van der Waals surface area contributed by atoms with E-state index in [1.54, 1.807) is 0 Å². The van der Waals surface area contributed by atoms with Gasteiger partial charge >= 0.3 is 0 Å². The maximum atomic E-state index is 12.5. The Bertz CT molecular complexity index is 974. The Morgan fingerprint density at radius 3 is 1.12 bits per heavy atom. The van der Waals surface area contributed by atoms with Gasteiger partial charge in [0.2, 0.25) is 5.91 Å². The van der Waals surface area contributed by atoms with Gasteiger partial charge in [0, 0.05) is 6.42 Å². The number of rotatable bonds is 48. The van der Waals surface area contributed by atoms with Crippen LogP contribution in [-0.2, 0) is 4.79 Å². The third kappa shape index (κ3) is 44.4. The first-order valence-corrected chi connectivity index (χ1v) is 26.4. The minimum absolute atomic E-state index is 0.162. The molecule has 3 unspecified atom stereocenters. The van der Waals surface area contributed by atoms with Crippen LogP contribution in [0.1, 0.15) is 271 Å². The van der Waals surface area contributed by atoms with E-state index < -0.39 is 18.2 Å². The molecule has 0 bridgehead atoms. The van der Waals surface area contributed by atoms with Crippen molar-refractivity contribution >= 4 is 5.91 Å². The van der Waals surface area contributed by atoms with Crippen molar-refractivity contribution in [3.8, 4) is 0 Å². The Labute approximate surface area is 374 Å². The van der Waals surface area contributed by atoms with Crippen LogP contribution < -0.4 is 5.32 Å². The fourth-order valence-electron chi connectivity index (χ4n) is 8.03. The van der Waals surface area contributed by atoms with Crippen LogP contribution in [0, 0.1) is 0 Å². The maximum Gasteiger partial charge on any atom is 0.220 e. The average Bonchev–Trinajstić information content (AvgIpc) is 3.25. The highest BCUT2D eigenvalue weighted by Crippen LogP contribution is 2.16. The number of hydrogen-bond acceptors (Lipinski definition) is 4. The second-order valence-corrected chi connectivity index (χ2v) is 18.1. The molecule has 5 nitrogen and oxygen atoms in total. The van der Waals surface area contributed by atoms with Gasteiger partial charge in [-0.1, -0.05) is 229 Å². The van der Waals surface area contributed by atoms with Crippen LogP contribution in [0.25, 0.3) is 0 Å². The summed E-state index contributed by atoms with van der Waals surface area (Å²) in [6, 6.07) is -0.837. The van der Waals surface area contributed by atoms with Crippen molar-refractivity contribution in [3.05, 3.63) is 48.6 Å². The number of aliphatic hydroxyl groups is 3. The number of hydrogen-bond donors (Lipinski definition) is 4. The zero-order valence-electron chi connectivity index (χ0n) is 40.1. The Morgan fingerprint density at radius 2 is 0.733 bits per heavy atom. The van der Waals surface area contributed by atoms with E-state index >= 15 is 0 Å². The minimum atomic E-state index is -1.17. The van der Waals surface area contributed by atoms with Gasteiger partial charge in [-0.2, -0.15) is 0 Å². The minimum Gasteiger partial charge on any atom is -0.394 e. The highest BCUT2D eigenvalue weighted by molar-refractivity contribution is 5.76. The highest BCUT2D eigenvalue weighted by atomic mass is 16.3. The lowest BCUT2D eigenvalue weighted by Gasteiger charge is -2.26. The lowest BCUT2D eigenvalue weighted by atomic mass is 10.0. The lowest BCUT2D eigenvalue weighted by molar-refractivity contribution is -0.124. The quantitative estimate of drug-likeness (QED) is 0.0363. The molecule has 0 aromatic rings. The van der Waals surface area contributed by atoms with Gasteiger partial charge in [-0.15, -0.1) is 0 Å². The van der Waals surface area contributed by atoms with Gasteiger partial charge in [-0.05, 0) is 83.5 Å². The van der Waals surface area contributed by atoms with Gasteiger partial charge in [-0.25, -0.2) is 0 Å². The standard InChI is InChI=1S/C55H103NO4/c1-3-5-7-9-11-13-15-17-19-21-23-25-26-27-28-30-32-34-36-38-40-42-44-46-48-50-54(59)56-52(51-57)55(60)53(58)49-47-45-43-41-39-37-35-33-31-29-24-22-20-18-16-14-12-10-8-6-4-2/h23,25,27-28,33,35,41,43,52-53,55,57-58,60H,3-22,24,26,29-32,34,36-40,42,44-51H2,1-2H3,(H,56,59)/b25-23-,28-27-,35-33+,43-41+. The van der Waals surface area contributed by atoms with Gasteiger partial charge in [-0.3, -0.25) is 4.79 Å². The molecular weight excluding hydrogens is 739 g/mol. The second-order valence-electron chi connectivity index (χ2n) is 18.1. The molecule has 0 aliphatic carbocycles. The Hall–Kier alpha value is -1.69.